The maximum absolute atomic E-state index is 11.3. The fourth-order valence-electron chi connectivity index (χ4n) is 2.76. The maximum Gasteiger partial charge on any atom is 0.337 e. The Morgan fingerprint density at radius 2 is 2.11 bits per heavy atom. The van der Waals surface area contributed by atoms with Gasteiger partial charge in [0.15, 0.2) is 5.13 Å². The number of aliphatic carboxylic acids is 1. The Kier molecular flexibility index (Phi) is 2.70. The van der Waals surface area contributed by atoms with Crippen LogP contribution in [-0.4, -0.2) is 16.1 Å². The van der Waals surface area contributed by atoms with Crippen LogP contribution in [0, 0.1) is 17.8 Å². The quantitative estimate of drug-likeness (QED) is 0.648. The van der Waals surface area contributed by atoms with Gasteiger partial charge in [0.1, 0.15) is 0 Å². The Hall–Kier alpha value is -1.62. The smallest absolute Gasteiger partial charge is 0.337 e. The molecule has 5 heteroatoms. The molecule has 2 atom stereocenters. The number of nitrogen functional groups attached to an aromatic ring is 1. The number of hydrogen-bond acceptors (Lipinski definition) is 4. The average molecular weight is 262 g/mol. The number of carboxylic acids is 1. The van der Waals surface area contributed by atoms with Crippen LogP contribution in [-0.2, 0) is 4.79 Å². The van der Waals surface area contributed by atoms with Crippen molar-refractivity contribution in [3.63, 3.8) is 0 Å². The predicted molar refractivity (Wildman–Crippen MR) is 71.0 cm³/mol. The number of hydrogen-bond donors (Lipinski definition) is 2. The summed E-state index contributed by atoms with van der Waals surface area (Å²) in [5.74, 6) is 0.714. The number of fused-ring (bicyclic) bond motifs is 1. The van der Waals surface area contributed by atoms with E-state index in [2.05, 4.69) is 17.1 Å². The van der Waals surface area contributed by atoms with Crippen molar-refractivity contribution in [1.29, 1.82) is 0 Å². The van der Waals surface area contributed by atoms with Crippen molar-refractivity contribution >= 4 is 28.0 Å². The van der Waals surface area contributed by atoms with Gasteiger partial charge in [-0.05, 0) is 30.6 Å². The lowest BCUT2D eigenvalue weighted by Gasteiger charge is -1.97. The molecular formula is C13H14N2O2S. The van der Waals surface area contributed by atoms with Crippen LogP contribution in [0.25, 0.3) is 5.57 Å². The fraction of sp³-hybridized carbons (Fsp3) is 0.385. The third-order valence-corrected chi connectivity index (χ3v) is 4.44. The second-order valence-electron chi connectivity index (χ2n) is 4.80. The predicted octanol–water partition coefficient (Wildman–Crippen LogP) is 2.41. The van der Waals surface area contributed by atoms with Crippen molar-refractivity contribution in [2.24, 2.45) is 17.8 Å². The first kappa shape index (κ1) is 11.5. The SMILES string of the molecule is Nc1nc(C(=CC2C3CC=CCC23)C(=O)O)cs1. The van der Waals surface area contributed by atoms with Gasteiger partial charge in [-0.15, -0.1) is 11.3 Å². The van der Waals surface area contributed by atoms with E-state index in [0.29, 0.717) is 34.2 Å². The van der Waals surface area contributed by atoms with Crippen molar-refractivity contribution < 1.29 is 9.90 Å². The molecular weight excluding hydrogens is 248 g/mol. The van der Waals surface area contributed by atoms with Gasteiger partial charge >= 0.3 is 5.97 Å². The number of nitrogens with zero attached hydrogens (tertiary/aromatic N) is 1. The average Bonchev–Trinajstić information content (AvgIpc) is 2.88. The number of nitrogens with two attached hydrogens (primary N) is 1. The zero-order valence-electron chi connectivity index (χ0n) is 9.74. The molecule has 3 rings (SSSR count). The molecule has 1 aromatic heterocycles. The second-order valence-corrected chi connectivity index (χ2v) is 5.69. The van der Waals surface area contributed by atoms with Gasteiger partial charge in [-0.3, -0.25) is 0 Å². The number of rotatable bonds is 3. The third kappa shape index (κ3) is 1.95. The van der Waals surface area contributed by atoms with E-state index in [0.717, 1.165) is 12.8 Å². The van der Waals surface area contributed by atoms with Crippen molar-refractivity contribution in [2.45, 2.75) is 12.8 Å². The lowest BCUT2D eigenvalue weighted by molar-refractivity contribution is -0.130. The molecule has 0 aliphatic heterocycles. The molecule has 2 aliphatic carbocycles. The van der Waals surface area contributed by atoms with E-state index in [9.17, 15) is 9.90 Å². The standard InChI is InChI=1S/C13H14N2O2S/c14-13-15-11(6-18-13)10(12(16)17)5-9-7-3-1-2-4-8(7)9/h1-2,5-9H,3-4H2,(H2,14,15)(H,16,17). The Morgan fingerprint density at radius 1 is 1.44 bits per heavy atom. The normalized spacial score (nSPS) is 30.0. The largest absolute Gasteiger partial charge is 0.478 e. The number of thiazole rings is 1. The molecule has 0 aromatic carbocycles. The monoisotopic (exact) mass is 262 g/mol. The summed E-state index contributed by atoms with van der Waals surface area (Å²) in [7, 11) is 0. The highest BCUT2D eigenvalue weighted by molar-refractivity contribution is 7.13. The Bertz CT molecular complexity index is 533. The topological polar surface area (TPSA) is 76.2 Å². The molecule has 1 aromatic rings. The Labute approximate surface area is 109 Å². The van der Waals surface area contributed by atoms with Gasteiger partial charge in [-0.1, -0.05) is 18.2 Å². The minimum absolute atomic E-state index is 0.294. The van der Waals surface area contributed by atoms with Gasteiger partial charge in [-0.2, -0.15) is 0 Å². The van der Waals surface area contributed by atoms with Crippen molar-refractivity contribution in [3.8, 4) is 0 Å². The number of anilines is 1. The summed E-state index contributed by atoms with van der Waals surface area (Å²) in [6.45, 7) is 0. The Balaban J connectivity index is 1.85. The van der Waals surface area contributed by atoms with E-state index in [4.69, 9.17) is 5.73 Å². The molecule has 0 bridgehead atoms. The lowest BCUT2D eigenvalue weighted by Crippen LogP contribution is -2.01. The van der Waals surface area contributed by atoms with Gasteiger partial charge in [-0.25, -0.2) is 9.78 Å². The molecule has 0 saturated heterocycles. The highest BCUT2D eigenvalue weighted by Gasteiger charge is 2.48. The lowest BCUT2D eigenvalue weighted by atomic mass is 10.1. The fourth-order valence-corrected chi connectivity index (χ4v) is 3.33. The third-order valence-electron chi connectivity index (χ3n) is 3.77. The van der Waals surface area contributed by atoms with E-state index in [-0.39, 0.29) is 0 Å². The van der Waals surface area contributed by atoms with Crippen LogP contribution in [0.5, 0.6) is 0 Å². The maximum atomic E-state index is 11.3. The van der Waals surface area contributed by atoms with E-state index in [1.54, 1.807) is 5.38 Å². The van der Waals surface area contributed by atoms with Crippen molar-refractivity contribution in [2.75, 3.05) is 5.73 Å². The molecule has 1 fully saturated rings. The van der Waals surface area contributed by atoms with Crippen LogP contribution in [0.3, 0.4) is 0 Å². The summed E-state index contributed by atoms with van der Waals surface area (Å²) < 4.78 is 0. The number of carboxylic acid groups (broad SMARTS) is 1. The first-order chi connectivity index (χ1) is 8.66. The van der Waals surface area contributed by atoms with Gasteiger partial charge < -0.3 is 10.8 Å². The number of aromatic nitrogens is 1. The number of allylic oxidation sites excluding steroid dienone is 3. The van der Waals surface area contributed by atoms with Gasteiger partial charge in [0.2, 0.25) is 0 Å². The number of carbonyl (C=O) groups is 1. The van der Waals surface area contributed by atoms with E-state index in [1.807, 2.05) is 6.08 Å². The molecule has 1 heterocycles. The molecule has 3 N–H and O–H groups in total. The van der Waals surface area contributed by atoms with Crippen LogP contribution >= 0.6 is 11.3 Å². The molecule has 0 amide bonds. The molecule has 18 heavy (non-hydrogen) atoms. The molecule has 94 valence electrons. The van der Waals surface area contributed by atoms with E-state index >= 15 is 0 Å². The van der Waals surface area contributed by atoms with Gasteiger partial charge in [0.25, 0.3) is 0 Å². The molecule has 0 radical (unpaired) electrons. The first-order valence-corrected chi connectivity index (χ1v) is 6.86. The zero-order chi connectivity index (χ0) is 12.7. The van der Waals surface area contributed by atoms with Gasteiger partial charge in [0.05, 0.1) is 11.3 Å². The molecule has 4 nitrogen and oxygen atoms in total. The summed E-state index contributed by atoms with van der Waals surface area (Å²) in [5, 5.41) is 11.4. The van der Waals surface area contributed by atoms with Crippen LogP contribution in [0.4, 0.5) is 5.13 Å². The molecule has 0 spiro atoms. The summed E-state index contributed by atoms with van der Waals surface area (Å²) in [4.78, 5) is 15.4. The first-order valence-electron chi connectivity index (χ1n) is 5.98. The minimum Gasteiger partial charge on any atom is -0.478 e. The van der Waals surface area contributed by atoms with Crippen molar-refractivity contribution in [3.05, 3.63) is 29.3 Å². The summed E-state index contributed by atoms with van der Waals surface area (Å²) in [6.07, 6.45) is 8.39. The highest BCUT2D eigenvalue weighted by Crippen LogP contribution is 2.54. The highest BCUT2D eigenvalue weighted by atomic mass is 32.1. The zero-order valence-corrected chi connectivity index (χ0v) is 10.6. The van der Waals surface area contributed by atoms with Crippen LogP contribution in [0.15, 0.2) is 23.6 Å². The van der Waals surface area contributed by atoms with Crippen LogP contribution in [0.2, 0.25) is 0 Å². The Morgan fingerprint density at radius 3 is 2.61 bits per heavy atom. The second kappa shape index (κ2) is 4.24. The van der Waals surface area contributed by atoms with Crippen LogP contribution in [0.1, 0.15) is 18.5 Å². The minimum atomic E-state index is -0.920. The summed E-state index contributed by atoms with van der Waals surface area (Å²) >= 11 is 1.27. The van der Waals surface area contributed by atoms with Gasteiger partial charge in [0, 0.05) is 5.38 Å². The molecule has 1 saturated carbocycles. The van der Waals surface area contributed by atoms with E-state index in [1.165, 1.54) is 11.3 Å². The van der Waals surface area contributed by atoms with Crippen molar-refractivity contribution in [1.82, 2.24) is 4.98 Å². The summed E-state index contributed by atoms with van der Waals surface area (Å²) in [6, 6.07) is 0. The molecule has 2 unspecified atom stereocenters. The molecule has 2 aliphatic rings. The van der Waals surface area contributed by atoms with E-state index < -0.39 is 5.97 Å². The summed E-state index contributed by atoms with van der Waals surface area (Å²) in [5.41, 5.74) is 6.34. The van der Waals surface area contributed by atoms with Crippen LogP contribution < -0.4 is 5.73 Å².